The second kappa shape index (κ2) is 6.23. The number of nitrogens with one attached hydrogen (secondary N) is 1. The van der Waals surface area contributed by atoms with Crippen LogP contribution < -0.4 is 21.4 Å². The van der Waals surface area contributed by atoms with Gasteiger partial charge in [0.1, 0.15) is 5.56 Å². The van der Waals surface area contributed by atoms with Crippen molar-refractivity contribution < 1.29 is 14.3 Å². The van der Waals surface area contributed by atoms with Crippen LogP contribution in [-0.4, -0.2) is 41.3 Å². The fraction of sp³-hybridized carbons (Fsp3) is 0.474. The lowest BCUT2D eigenvalue weighted by Crippen LogP contribution is -2.49. The monoisotopic (exact) mass is 374 g/mol. The highest BCUT2D eigenvalue weighted by atomic mass is 19.1. The lowest BCUT2D eigenvalue weighted by Gasteiger charge is -2.35. The van der Waals surface area contributed by atoms with Crippen molar-refractivity contribution in [1.82, 2.24) is 9.88 Å². The Morgan fingerprint density at radius 2 is 2.11 bits per heavy atom. The number of nitrogen functional groups attached to an aromatic ring is 1. The van der Waals surface area contributed by atoms with E-state index >= 15 is 4.39 Å². The molecule has 1 aromatic heterocycles. The maximum absolute atomic E-state index is 15.3. The number of piperazine rings is 1. The SMILES string of the molecule is Cc1c(N2CCNC(C)C2)c(F)c(N)c2c(=O)c(C(=O)O)cn(C3CC3)c12. The van der Waals surface area contributed by atoms with Gasteiger partial charge in [-0.05, 0) is 32.3 Å². The minimum atomic E-state index is -1.33. The van der Waals surface area contributed by atoms with E-state index in [0.717, 1.165) is 19.4 Å². The Labute approximate surface area is 155 Å². The van der Waals surface area contributed by atoms with E-state index in [9.17, 15) is 14.7 Å². The largest absolute Gasteiger partial charge is 0.477 e. The van der Waals surface area contributed by atoms with Crippen molar-refractivity contribution in [3.8, 4) is 0 Å². The molecule has 8 heteroatoms. The summed E-state index contributed by atoms with van der Waals surface area (Å²) in [7, 11) is 0. The second-order valence-electron chi connectivity index (χ2n) is 7.54. The predicted molar refractivity (Wildman–Crippen MR) is 102 cm³/mol. The first-order chi connectivity index (χ1) is 12.8. The maximum atomic E-state index is 15.3. The number of nitrogens with two attached hydrogens (primary N) is 1. The van der Waals surface area contributed by atoms with Crippen LogP contribution in [0, 0.1) is 12.7 Å². The van der Waals surface area contributed by atoms with Crippen LogP contribution in [0.15, 0.2) is 11.0 Å². The molecule has 4 N–H and O–H groups in total. The number of carbonyl (C=O) groups is 1. The van der Waals surface area contributed by atoms with Gasteiger partial charge < -0.3 is 25.6 Å². The lowest BCUT2D eigenvalue weighted by molar-refractivity contribution is 0.0695. The van der Waals surface area contributed by atoms with Gasteiger partial charge in [0.25, 0.3) is 0 Å². The molecule has 2 heterocycles. The van der Waals surface area contributed by atoms with Crippen LogP contribution in [0.5, 0.6) is 0 Å². The van der Waals surface area contributed by atoms with Gasteiger partial charge in [-0.15, -0.1) is 0 Å². The predicted octanol–water partition coefficient (Wildman–Crippen LogP) is 1.86. The van der Waals surface area contributed by atoms with Gasteiger partial charge in [-0.1, -0.05) is 0 Å². The molecule has 1 saturated carbocycles. The number of anilines is 2. The Hall–Kier alpha value is -2.61. The molecule has 144 valence electrons. The first-order valence-corrected chi connectivity index (χ1v) is 9.19. The number of carboxylic acids is 1. The molecule has 1 atom stereocenters. The maximum Gasteiger partial charge on any atom is 0.341 e. The van der Waals surface area contributed by atoms with Crippen LogP contribution >= 0.6 is 0 Å². The molecule has 2 aromatic rings. The number of carboxylic acid groups (broad SMARTS) is 1. The Kier molecular flexibility index (Phi) is 4.10. The minimum Gasteiger partial charge on any atom is -0.477 e. The third-order valence-corrected chi connectivity index (χ3v) is 5.51. The number of aromatic carboxylic acids is 1. The zero-order valence-corrected chi connectivity index (χ0v) is 15.4. The Balaban J connectivity index is 2.06. The second-order valence-corrected chi connectivity index (χ2v) is 7.54. The topological polar surface area (TPSA) is 101 Å². The number of rotatable bonds is 3. The third-order valence-electron chi connectivity index (χ3n) is 5.51. The summed E-state index contributed by atoms with van der Waals surface area (Å²) in [5, 5.41) is 12.7. The Morgan fingerprint density at radius 1 is 1.41 bits per heavy atom. The number of aromatic nitrogens is 1. The number of pyridine rings is 1. The molecule has 0 bridgehead atoms. The summed E-state index contributed by atoms with van der Waals surface area (Å²) >= 11 is 0. The normalized spacial score (nSPS) is 20.3. The summed E-state index contributed by atoms with van der Waals surface area (Å²) in [5.74, 6) is -1.97. The van der Waals surface area contributed by atoms with Crippen molar-refractivity contribution >= 4 is 28.2 Å². The van der Waals surface area contributed by atoms with Crippen LogP contribution in [-0.2, 0) is 0 Å². The molecule has 4 rings (SSSR count). The van der Waals surface area contributed by atoms with E-state index in [4.69, 9.17) is 5.73 Å². The summed E-state index contributed by atoms with van der Waals surface area (Å²) < 4.78 is 17.1. The number of halogens is 1. The number of hydrogen-bond acceptors (Lipinski definition) is 5. The molecule has 1 aliphatic heterocycles. The van der Waals surface area contributed by atoms with Crippen molar-refractivity contribution in [2.24, 2.45) is 0 Å². The molecule has 2 fully saturated rings. The molecular formula is C19H23FN4O3. The van der Waals surface area contributed by atoms with Crippen LogP contribution in [0.1, 0.15) is 41.7 Å². The van der Waals surface area contributed by atoms with E-state index in [1.807, 2.05) is 11.8 Å². The average molecular weight is 374 g/mol. The first kappa shape index (κ1) is 17.8. The van der Waals surface area contributed by atoms with Crippen LogP contribution in [0.3, 0.4) is 0 Å². The molecule has 1 aliphatic carbocycles. The van der Waals surface area contributed by atoms with Gasteiger partial charge in [0.15, 0.2) is 5.82 Å². The van der Waals surface area contributed by atoms with Crippen molar-refractivity contribution in [2.45, 2.75) is 38.8 Å². The zero-order valence-electron chi connectivity index (χ0n) is 15.4. The summed E-state index contributed by atoms with van der Waals surface area (Å²) in [6, 6.07) is 0.319. The molecule has 0 spiro atoms. The van der Waals surface area contributed by atoms with Gasteiger partial charge in [-0.25, -0.2) is 9.18 Å². The molecule has 7 nitrogen and oxygen atoms in total. The van der Waals surface area contributed by atoms with Crippen LogP contribution in [0.25, 0.3) is 10.9 Å². The molecular weight excluding hydrogens is 351 g/mol. The number of hydrogen-bond donors (Lipinski definition) is 3. The molecule has 2 aliphatic rings. The highest BCUT2D eigenvalue weighted by molar-refractivity contribution is 6.01. The first-order valence-electron chi connectivity index (χ1n) is 9.19. The van der Waals surface area contributed by atoms with Crippen molar-refractivity contribution in [3.05, 3.63) is 33.4 Å². The summed E-state index contributed by atoms with van der Waals surface area (Å²) in [4.78, 5) is 26.2. The molecule has 0 amide bonds. The lowest BCUT2D eigenvalue weighted by atomic mass is 10.0. The van der Waals surface area contributed by atoms with E-state index < -0.39 is 17.2 Å². The van der Waals surface area contributed by atoms with E-state index in [1.165, 1.54) is 6.20 Å². The van der Waals surface area contributed by atoms with Crippen LogP contribution in [0.2, 0.25) is 0 Å². The van der Waals surface area contributed by atoms with Crippen molar-refractivity contribution in [2.75, 3.05) is 30.3 Å². The third kappa shape index (κ3) is 2.75. The van der Waals surface area contributed by atoms with Crippen LogP contribution in [0.4, 0.5) is 15.8 Å². The molecule has 0 radical (unpaired) electrons. The summed E-state index contributed by atoms with van der Waals surface area (Å²) in [6.45, 7) is 5.80. The fourth-order valence-electron chi connectivity index (χ4n) is 4.08. The van der Waals surface area contributed by atoms with Gasteiger partial charge in [0, 0.05) is 37.9 Å². The van der Waals surface area contributed by atoms with Gasteiger partial charge in [0.05, 0.1) is 22.3 Å². The Bertz CT molecular complexity index is 1010. The quantitative estimate of drug-likeness (QED) is 0.709. The minimum absolute atomic E-state index is 0.0243. The molecule has 27 heavy (non-hydrogen) atoms. The zero-order chi connectivity index (χ0) is 19.5. The van der Waals surface area contributed by atoms with Gasteiger partial charge >= 0.3 is 5.97 Å². The fourth-order valence-corrected chi connectivity index (χ4v) is 4.08. The van der Waals surface area contributed by atoms with Gasteiger partial charge in [-0.3, -0.25) is 4.79 Å². The van der Waals surface area contributed by atoms with Gasteiger partial charge in [0.2, 0.25) is 5.43 Å². The number of benzene rings is 1. The smallest absolute Gasteiger partial charge is 0.341 e. The Morgan fingerprint density at radius 3 is 2.70 bits per heavy atom. The van der Waals surface area contributed by atoms with E-state index in [0.29, 0.717) is 29.9 Å². The van der Waals surface area contributed by atoms with E-state index in [1.54, 1.807) is 11.5 Å². The van der Waals surface area contributed by atoms with Crippen molar-refractivity contribution in [3.63, 3.8) is 0 Å². The van der Waals surface area contributed by atoms with Crippen molar-refractivity contribution in [1.29, 1.82) is 0 Å². The van der Waals surface area contributed by atoms with E-state index in [-0.39, 0.29) is 28.7 Å². The number of fused-ring (bicyclic) bond motifs is 1. The summed E-state index contributed by atoms with van der Waals surface area (Å²) in [6.07, 6.45) is 3.18. The molecule has 1 saturated heterocycles. The van der Waals surface area contributed by atoms with Gasteiger partial charge in [-0.2, -0.15) is 0 Å². The average Bonchev–Trinajstić information content (AvgIpc) is 3.44. The number of aryl methyl sites for hydroxylation is 1. The summed E-state index contributed by atoms with van der Waals surface area (Å²) in [5.41, 5.74) is 6.29. The van der Waals surface area contributed by atoms with E-state index in [2.05, 4.69) is 5.32 Å². The molecule has 1 aromatic carbocycles. The standard InChI is InChI=1S/C19H23FN4O3/c1-9-7-23(6-5-22-9)17-10(2)16-13(15(21)14(17)20)18(25)12(19(26)27)8-24(16)11-3-4-11/h8-9,11,22H,3-7,21H2,1-2H3,(H,26,27). The highest BCUT2D eigenvalue weighted by Gasteiger charge is 2.32. The highest BCUT2D eigenvalue weighted by Crippen LogP contribution is 2.42. The number of nitrogens with zero attached hydrogens (tertiary/aromatic N) is 2. The molecule has 1 unspecified atom stereocenters.